The Hall–Kier alpha value is -0.300. The molecule has 0 amide bonds. The summed E-state index contributed by atoms with van der Waals surface area (Å²) in [5.41, 5.74) is -0.119. The molecule has 0 bridgehead atoms. The molecule has 1 atom stereocenters. The van der Waals surface area contributed by atoms with E-state index < -0.39 is 0 Å². The van der Waals surface area contributed by atoms with Gasteiger partial charge in [0.2, 0.25) is 0 Å². The first kappa shape index (κ1) is 13.8. The minimum absolute atomic E-state index is 0.119. The van der Waals surface area contributed by atoms with Crippen LogP contribution in [0.15, 0.2) is 11.1 Å². The van der Waals surface area contributed by atoms with Crippen LogP contribution in [0.5, 0.6) is 0 Å². The van der Waals surface area contributed by atoms with E-state index in [1.165, 1.54) is 6.33 Å². The summed E-state index contributed by atoms with van der Waals surface area (Å²) in [5, 5.41) is 3.27. The molecule has 1 aromatic rings. The molecule has 90 valence electrons. The number of alkyl halides is 1. The third-order valence-corrected chi connectivity index (χ3v) is 3.56. The number of hydrogen-bond acceptors (Lipinski definition) is 3. The quantitative estimate of drug-likeness (QED) is 0.630. The Morgan fingerprint density at radius 2 is 2.31 bits per heavy atom. The highest BCUT2D eigenvalue weighted by molar-refractivity contribution is 14.1. The molecular formula is C10H15ClIN3O. The summed E-state index contributed by atoms with van der Waals surface area (Å²) in [6, 6.07) is 0.236. The maximum absolute atomic E-state index is 11.4. The lowest BCUT2D eigenvalue weighted by Crippen LogP contribution is -2.28. The lowest BCUT2D eigenvalue weighted by molar-refractivity contribution is 0.511. The third kappa shape index (κ3) is 3.62. The summed E-state index contributed by atoms with van der Waals surface area (Å²) in [4.78, 5) is 18.0. The number of halogens is 2. The maximum Gasteiger partial charge on any atom is 0.266 e. The van der Waals surface area contributed by atoms with Crippen molar-refractivity contribution in [3.63, 3.8) is 0 Å². The van der Waals surface area contributed by atoms with Crippen molar-refractivity contribution in [2.24, 2.45) is 5.92 Å². The Labute approximate surface area is 113 Å². The Balaban J connectivity index is 2.85. The summed E-state index contributed by atoms with van der Waals surface area (Å²) < 4.78 is 0.584. The normalized spacial score (nSPS) is 12.8. The number of aromatic nitrogens is 2. The van der Waals surface area contributed by atoms with Crippen LogP contribution in [0.2, 0.25) is 0 Å². The van der Waals surface area contributed by atoms with Gasteiger partial charge in [-0.05, 0) is 34.9 Å². The van der Waals surface area contributed by atoms with Gasteiger partial charge in [-0.2, -0.15) is 0 Å². The zero-order chi connectivity index (χ0) is 12.1. The third-order valence-electron chi connectivity index (χ3n) is 2.34. The fourth-order valence-electron chi connectivity index (χ4n) is 1.35. The molecule has 0 saturated carbocycles. The van der Waals surface area contributed by atoms with Gasteiger partial charge in [-0.1, -0.05) is 13.8 Å². The lowest BCUT2D eigenvalue weighted by atomic mass is 10.0. The summed E-state index contributed by atoms with van der Waals surface area (Å²) >= 11 is 7.74. The fourth-order valence-corrected chi connectivity index (χ4v) is 2.03. The molecule has 1 unspecified atom stereocenters. The number of hydrogen-bond donors (Lipinski definition) is 2. The number of rotatable bonds is 5. The largest absolute Gasteiger partial charge is 0.366 e. The minimum Gasteiger partial charge on any atom is -0.366 e. The summed E-state index contributed by atoms with van der Waals surface area (Å²) in [7, 11) is 0. The highest BCUT2D eigenvalue weighted by Gasteiger charge is 2.15. The molecule has 0 aliphatic heterocycles. The summed E-state index contributed by atoms with van der Waals surface area (Å²) in [6.45, 7) is 4.23. The zero-order valence-electron chi connectivity index (χ0n) is 9.26. The highest BCUT2D eigenvalue weighted by atomic mass is 127. The second-order valence-electron chi connectivity index (χ2n) is 3.87. The Bertz CT molecular complexity index is 394. The molecule has 1 heterocycles. The fraction of sp³-hybridized carbons (Fsp3) is 0.600. The Morgan fingerprint density at radius 1 is 1.62 bits per heavy atom. The molecule has 0 saturated heterocycles. The van der Waals surface area contributed by atoms with Gasteiger partial charge in [0, 0.05) is 11.9 Å². The molecule has 0 aliphatic rings. The van der Waals surface area contributed by atoms with Crippen LogP contribution in [-0.4, -0.2) is 21.9 Å². The number of aromatic amines is 1. The van der Waals surface area contributed by atoms with Crippen molar-refractivity contribution in [1.29, 1.82) is 0 Å². The van der Waals surface area contributed by atoms with Crippen molar-refractivity contribution in [3.8, 4) is 0 Å². The number of nitrogens with one attached hydrogen (secondary N) is 2. The van der Waals surface area contributed by atoms with Crippen LogP contribution in [0, 0.1) is 9.49 Å². The standard InChI is InChI=1S/C10H15ClIN3O/c1-6(2)7(3-4-11)15-9-8(12)10(16)14-5-13-9/h5-7H,3-4H2,1-2H3,(H2,13,14,15,16). The minimum atomic E-state index is -0.119. The van der Waals surface area contributed by atoms with Crippen LogP contribution in [0.25, 0.3) is 0 Å². The molecule has 0 aliphatic carbocycles. The summed E-state index contributed by atoms with van der Waals surface area (Å²) in [5.74, 6) is 1.67. The van der Waals surface area contributed by atoms with E-state index in [1.807, 2.05) is 22.6 Å². The first-order valence-corrected chi connectivity index (χ1v) is 6.73. The lowest BCUT2D eigenvalue weighted by Gasteiger charge is -2.22. The van der Waals surface area contributed by atoms with E-state index in [1.54, 1.807) is 0 Å². The molecule has 0 radical (unpaired) electrons. The Morgan fingerprint density at radius 3 is 2.88 bits per heavy atom. The molecule has 2 N–H and O–H groups in total. The predicted octanol–water partition coefficient (Wildman–Crippen LogP) is 2.44. The van der Waals surface area contributed by atoms with Gasteiger partial charge in [-0.25, -0.2) is 4.98 Å². The van der Waals surface area contributed by atoms with Crippen molar-refractivity contribution in [3.05, 3.63) is 20.3 Å². The first-order chi connectivity index (χ1) is 7.56. The number of nitrogens with zero attached hydrogens (tertiary/aromatic N) is 1. The van der Waals surface area contributed by atoms with E-state index >= 15 is 0 Å². The van der Waals surface area contributed by atoms with Crippen molar-refractivity contribution in [2.45, 2.75) is 26.3 Å². The molecule has 1 rings (SSSR count). The van der Waals surface area contributed by atoms with Gasteiger partial charge in [0.1, 0.15) is 9.39 Å². The average molecular weight is 356 g/mol. The highest BCUT2D eigenvalue weighted by Crippen LogP contribution is 2.16. The van der Waals surface area contributed by atoms with Crippen LogP contribution in [0.1, 0.15) is 20.3 Å². The second kappa shape index (κ2) is 6.44. The first-order valence-electron chi connectivity index (χ1n) is 5.12. The monoisotopic (exact) mass is 355 g/mol. The van der Waals surface area contributed by atoms with Crippen LogP contribution in [0.4, 0.5) is 5.82 Å². The van der Waals surface area contributed by atoms with Gasteiger partial charge in [-0.15, -0.1) is 11.6 Å². The predicted molar refractivity (Wildman–Crippen MR) is 75.2 cm³/mol. The van der Waals surface area contributed by atoms with Crippen LogP contribution >= 0.6 is 34.2 Å². The zero-order valence-corrected chi connectivity index (χ0v) is 12.2. The van der Waals surface area contributed by atoms with Crippen LogP contribution in [-0.2, 0) is 0 Å². The maximum atomic E-state index is 11.4. The van der Waals surface area contributed by atoms with Gasteiger partial charge in [0.25, 0.3) is 5.56 Å². The number of anilines is 1. The number of H-pyrrole nitrogens is 1. The Kier molecular flexibility index (Phi) is 5.54. The second-order valence-corrected chi connectivity index (χ2v) is 5.32. The van der Waals surface area contributed by atoms with E-state index in [-0.39, 0.29) is 11.6 Å². The average Bonchev–Trinajstić information content (AvgIpc) is 2.23. The van der Waals surface area contributed by atoms with Crippen molar-refractivity contribution >= 4 is 40.0 Å². The van der Waals surface area contributed by atoms with E-state index in [0.29, 0.717) is 21.2 Å². The molecule has 16 heavy (non-hydrogen) atoms. The van der Waals surface area contributed by atoms with Crippen molar-refractivity contribution in [1.82, 2.24) is 9.97 Å². The van der Waals surface area contributed by atoms with Crippen molar-refractivity contribution < 1.29 is 0 Å². The van der Waals surface area contributed by atoms with E-state index in [4.69, 9.17) is 11.6 Å². The SMILES string of the molecule is CC(C)C(CCCl)Nc1nc[nH]c(=O)c1I. The van der Waals surface area contributed by atoms with Gasteiger partial charge in [0.05, 0.1) is 6.33 Å². The van der Waals surface area contributed by atoms with Gasteiger partial charge in [0.15, 0.2) is 0 Å². The molecule has 1 aromatic heterocycles. The van der Waals surface area contributed by atoms with E-state index in [0.717, 1.165) is 6.42 Å². The molecule has 0 spiro atoms. The molecule has 0 fully saturated rings. The molecular weight excluding hydrogens is 340 g/mol. The molecule has 0 aromatic carbocycles. The topological polar surface area (TPSA) is 57.8 Å². The van der Waals surface area contributed by atoms with Gasteiger partial charge >= 0.3 is 0 Å². The van der Waals surface area contributed by atoms with Crippen LogP contribution < -0.4 is 10.9 Å². The van der Waals surface area contributed by atoms with Crippen LogP contribution in [0.3, 0.4) is 0 Å². The summed E-state index contributed by atoms with van der Waals surface area (Å²) in [6.07, 6.45) is 2.26. The molecule has 6 heteroatoms. The molecule has 4 nitrogen and oxygen atoms in total. The van der Waals surface area contributed by atoms with Crippen molar-refractivity contribution in [2.75, 3.05) is 11.2 Å². The van der Waals surface area contributed by atoms with E-state index in [9.17, 15) is 4.79 Å². The van der Waals surface area contributed by atoms with E-state index in [2.05, 4.69) is 29.1 Å². The van der Waals surface area contributed by atoms with Gasteiger partial charge < -0.3 is 10.3 Å². The smallest absolute Gasteiger partial charge is 0.266 e. The van der Waals surface area contributed by atoms with Gasteiger partial charge in [-0.3, -0.25) is 4.79 Å².